The second-order valence-corrected chi connectivity index (χ2v) is 7.32. The number of rotatable bonds is 5. The third-order valence-electron chi connectivity index (χ3n) is 5.42. The number of hydrogen-bond donors (Lipinski definition) is 0. The molecule has 2 atom stereocenters. The first-order valence-corrected chi connectivity index (χ1v) is 8.82. The van der Waals surface area contributed by atoms with Crippen LogP contribution in [-0.4, -0.2) is 47.9 Å². The Hall–Kier alpha value is -1.72. The zero-order valence-electron chi connectivity index (χ0n) is 14.5. The summed E-state index contributed by atoms with van der Waals surface area (Å²) < 4.78 is 11.5. The van der Waals surface area contributed by atoms with Crippen LogP contribution in [0.4, 0.5) is 0 Å². The standard InChI is InChI=1S/C19H25N3O2/c1-14-5-3-6-16(9-14)7-4-8-22-10-17-11-23-13-19(17,12-22)18-21-20-15(2)24-18/h3,5-6,9,17H,4,7-8,10-13H2,1-2H3/t17-,19-/m1/s1. The molecule has 2 fully saturated rings. The number of likely N-dealkylation sites (tertiary alicyclic amines) is 1. The van der Waals surface area contributed by atoms with Crippen LogP contribution in [0.3, 0.4) is 0 Å². The van der Waals surface area contributed by atoms with Gasteiger partial charge in [0, 0.05) is 25.9 Å². The van der Waals surface area contributed by atoms with Gasteiger partial charge in [0.2, 0.25) is 11.8 Å². The normalized spacial score (nSPS) is 26.8. The Labute approximate surface area is 143 Å². The van der Waals surface area contributed by atoms with E-state index in [1.165, 1.54) is 17.5 Å². The molecule has 128 valence electrons. The molecule has 5 heteroatoms. The summed E-state index contributed by atoms with van der Waals surface area (Å²) in [5.41, 5.74) is 2.68. The van der Waals surface area contributed by atoms with Crippen molar-refractivity contribution < 1.29 is 9.15 Å². The van der Waals surface area contributed by atoms with E-state index >= 15 is 0 Å². The molecule has 2 saturated heterocycles. The highest BCUT2D eigenvalue weighted by Crippen LogP contribution is 2.43. The summed E-state index contributed by atoms with van der Waals surface area (Å²) >= 11 is 0. The number of ether oxygens (including phenoxy) is 1. The van der Waals surface area contributed by atoms with Gasteiger partial charge in [-0.2, -0.15) is 0 Å². The third-order valence-corrected chi connectivity index (χ3v) is 5.42. The van der Waals surface area contributed by atoms with E-state index in [0.717, 1.165) is 38.6 Å². The van der Waals surface area contributed by atoms with Crippen LogP contribution >= 0.6 is 0 Å². The average molecular weight is 327 g/mol. The van der Waals surface area contributed by atoms with Gasteiger partial charge in [0.1, 0.15) is 0 Å². The Morgan fingerprint density at radius 1 is 1.29 bits per heavy atom. The summed E-state index contributed by atoms with van der Waals surface area (Å²) in [5, 5.41) is 8.34. The first-order chi connectivity index (χ1) is 11.7. The molecule has 3 heterocycles. The summed E-state index contributed by atoms with van der Waals surface area (Å²) in [4.78, 5) is 2.54. The molecule has 1 aromatic heterocycles. The topological polar surface area (TPSA) is 51.4 Å². The maximum absolute atomic E-state index is 5.78. The van der Waals surface area contributed by atoms with Crippen LogP contribution < -0.4 is 0 Å². The summed E-state index contributed by atoms with van der Waals surface area (Å²) in [7, 11) is 0. The molecule has 0 bridgehead atoms. The zero-order valence-corrected chi connectivity index (χ0v) is 14.5. The van der Waals surface area contributed by atoms with Gasteiger partial charge in [-0.3, -0.25) is 0 Å². The summed E-state index contributed by atoms with van der Waals surface area (Å²) in [6.07, 6.45) is 2.31. The Balaban J connectivity index is 1.38. The van der Waals surface area contributed by atoms with E-state index in [-0.39, 0.29) is 5.41 Å². The molecular formula is C19H25N3O2. The van der Waals surface area contributed by atoms with Crippen molar-refractivity contribution in [2.24, 2.45) is 5.92 Å². The highest BCUT2D eigenvalue weighted by Gasteiger charge is 2.55. The van der Waals surface area contributed by atoms with E-state index in [4.69, 9.17) is 9.15 Å². The minimum Gasteiger partial charge on any atom is -0.425 e. The smallest absolute Gasteiger partial charge is 0.226 e. The molecular weight excluding hydrogens is 302 g/mol. The van der Waals surface area contributed by atoms with E-state index in [1.54, 1.807) is 0 Å². The molecule has 0 spiro atoms. The van der Waals surface area contributed by atoms with Crippen LogP contribution in [0.5, 0.6) is 0 Å². The summed E-state index contributed by atoms with van der Waals surface area (Å²) in [6.45, 7) is 8.65. The molecule has 0 aliphatic carbocycles. The zero-order chi connectivity index (χ0) is 16.6. The maximum Gasteiger partial charge on any atom is 0.226 e. The predicted octanol–water partition coefficient (Wildman–Crippen LogP) is 2.52. The predicted molar refractivity (Wildman–Crippen MR) is 91.0 cm³/mol. The van der Waals surface area contributed by atoms with E-state index in [2.05, 4.69) is 46.3 Å². The highest BCUT2D eigenvalue weighted by molar-refractivity contribution is 5.22. The van der Waals surface area contributed by atoms with Gasteiger partial charge < -0.3 is 14.1 Å². The molecule has 2 aromatic rings. The lowest BCUT2D eigenvalue weighted by atomic mass is 9.81. The van der Waals surface area contributed by atoms with Crippen molar-refractivity contribution in [3.63, 3.8) is 0 Å². The molecule has 0 N–H and O–H groups in total. The molecule has 0 unspecified atom stereocenters. The number of aryl methyl sites for hydroxylation is 3. The number of fused-ring (bicyclic) bond motifs is 1. The Kier molecular flexibility index (Phi) is 4.14. The number of hydrogen-bond acceptors (Lipinski definition) is 5. The number of aromatic nitrogens is 2. The van der Waals surface area contributed by atoms with Gasteiger partial charge in [-0.25, -0.2) is 0 Å². The lowest BCUT2D eigenvalue weighted by Gasteiger charge is -2.23. The van der Waals surface area contributed by atoms with E-state index in [9.17, 15) is 0 Å². The first kappa shape index (κ1) is 15.8. The third kappa shape index (κ3) is 2.87. The van der Waals surface area contributed by atoms with E-state index in [1.807, 2.05) is 6.92 Å². The van der Waals surface area contributed by atoms with Crippen LogP contribution in [0.15, 0.2) is 28.7 Å². The molecule has 24 heavy (non-hydrogen) atoms. The summed E-state index contributed by atoms with van der Waals surface area (Å²) in [6, 6.07) is 8.81. The fraction of sp³-hybridized carbons (Fsp3) is 0.579. The van der Waals surface area contributed by atoms with Crippen molar-refractivity contribution in [2.45, 2.75) is 32.1 Å². The number of benzene rings is 1. The minimum absolute atomic E-state index is 0.0927. The molecule has 0 radical (unpaired) electrons. The lowest BCUT2D eigenvalue weighted by molar-refractivity contribution is 0.141. The van der Waals surface area contributed by atoms with Gasteiger partial charge in [-0.05, 0) is 31.9 Å². The van der Waals surface area contributed by atoms with Gasteiger partial charge in [-0.15, -0.1) is 10.2 Å². The molecule has 2 aliphatic heterocycles. The molecule has 4 rings (SSSR count). The fourth-order valence-electron chi connectivity index (χ4n) is 4.18. The monoisotopic (exact) mass is 327 g/mol. The molecule has 5 nitrogen and oxygen atoms in total. The van der Waals surface area contributed by atoms with Crippen molar-refractivity contribution in [3.05, 3.63) is 47.2 Å². The van der Waals surface area contributed by atoms with Gasteiger partial charge in [-0.1, -0.05) is 29.8 Å². The van der Waals surface area contributed by atoms with Crippen molar-refractivity contribution in [3.8, 4) is 0 Å². The second-order valence-electron chi connectivity index (χ2n) is 7.32. The fourth-order valence-corrected chi connectivity index (χ4v) is 4.18. The van der Waals surface area contributed by atoms with Gasteiger partial charge in [0.05, 0.1) is 18.6 Å². The van der Waals surface area contributed by atoms with Crippen molar-refractivity contribution in [2.75, 3.05) is 32.8 Å². The van der Waals surface area contributed by atoms with Crippen LogP contribution in [-0.2, 0) is 16.6 Å². The molecule has 0 saturated carbocycles. The first-order valence-electron chi connectivity index (χ1n) is 8.82. The highest BCUT2D eigenvalue weighted by atomic mass is 16.5. The van der Waals surface area contributed by atoms with Crippen molar-refractivity contribution >= 4 is 0 Å². The lowest BCUT2D eigenvalue weighted by Crippen LogP contribution is -2.36. The summed E-state index contributed by atoms with van der Waals surface area (Å²) in [5.74, 6) is 1.88. The van der Waals surface area contributed by atoms with E-state index in [0.29, 0.717) is 18.4 Å². The van der Waals surface area contributed by atoms with Gasteiger partial charge >= 0.3 is 0 Å². The molecule has 2 aliphatic rings. The quantitative estimate of drug-likeness (QED) is 0.844. The number of nitrogens with zero attached hydrogens (tertiary/aromatic N) is 3. The second kappa shape index (κ2) is 6.30. The molecule has 1 aromatic carbocycles. The van der Waals surface area contributed by atoms with Gasteiger partial charge in [0.25, 0.3) is 0 Å². The van der Waals surface area contributed by atoms with Crippen LogP contribution in [0.1, 0.15) is 29.3 Å². The average Bonchev–Trinajstić information content (AvgIpc) is 3.21. The van der Waals surface area contributed by atoms with E-state index < -0.39 is 0 Å². The molecule has 0 amide bonds. The minimum atomic E-state index is -0.0927. The van der Waals surface area contributed by atoms with Crippen LogP contribution in [0.25, 0.3) is 0 Å². The van der Waals surface area contributed by atoms with Crippen LogP contribution in [0, 0.1) is 19.8 Å². The van der Waals surface area contributed by atoms with Gasteiger partial charge in [0.15, 0.2) is 0 Å². The maximum atomic E-state index is 5.78. The Morgan fingerprint density at radius 3 is 3.00 bits per heavy atom. The van der Waals surface area contributed by atoms with Crippen molar-refractivity contribution in [1.29, 1.82) is 0 Å². The van der Waals surface area contributed by atoms with Crippen molar-refractivity contribution in [1.82, 2.24) is 15.1 Å². The largest absolute Gasteiger partial charge is 0.425 e. The van der Waals surface area contributed by atoms with Crippen LogP contribution in [0.2, 0.25) is 0 Å². The Bertz CT molecular complexity index is 714. The SMILES string of the molecule is Cc1cccc(CCCN2C[C@@H]3COC[C@]3(c3nnc(C)o3)C2)c1. The Morgan fingerprint density at radius 2 is 2.21 bits per heavy atom.